The van der Waals surface area contributed by atoms with Crippen LogP contribution in [0.1, 0.15) is 36.2 Å². The molecule has 0 radical (unpaired) electrons. The molecule has 132 valence electrons. The van der Waals surface area contributed by atoms with Crippen LogP contribution in [-0.4, -0.2) is 40.4 Å². The molecule has 25 heavy (non-hydrogen) atoms. The number of ether oxygens (including phenoxy) is 1. The van der Waals surface area contributed by atoms with Crippen molar-refractivity contribution in [3.8, 4) is 0 Å². The lowest BCUT2D eigenvalue weighted by molar-refractivity contribution is -0.385. The molecule has 1 aromatic heterocycles. The van der Waals surface area contributed by atoms with E-state index < -0.39 is 10.9 Å². The zero-order chi connectivity index (χ0) is 17.8. The largest absolute Gasteiger partial charge is 0.462 e. The molecule has 1 saturated heterocycles. The van der Waals surface area contributed by atoms with Crippen molar-refractivity contribution in [2.24, 2.45) is 0 Å². The number of piperidine rings is 1. The summed E-state index contributed by atoms with van der Waals surface area (Å²) in [7, 11) is 0. The van der Waals surface area contributed by atoms with Crippen LogP contribution in [-0.2, 0) is 4.74 Å². The number of rotatable bonds is 5. The number of anilines is 1. The fourth-order valence-electron chi connectivity index (χ4n) is 3.15. The van der Waals surface area contributed by atoms with Crippen LogP contribution in [0.2, 0.25) is 0 Å². The van der Waals surface area contributed by atoms with Crippen molar-refractivity contribution in [3.05, 3.63) is 52.3 Å². The van der Waals surface area contributed by atoms with E-state index in [1.54, 1.807) is 25.3 Å². The van der Waals surface area contributed by atoms with Gasteiger partial charge < -0.3 is 9.64 Å². The Labute approximate surface area is 145 Å². The topological polar surface area (TPSA) is 90.5 Å². The maximum absolute atomic E-state index is 12.1. The zero-order valence-electron chi connectivity index (χ0n) is 14.0. The van der Waals surface area contributed by atoms with Crippen molar-refractivity contribution in [3.63, 3.8) is 0 Å². The first-order valence-electron chi connectivity index (χ1n) is 8.29. The summed E-state index contributed by atoms with van der Waals surface area (Å²) in [5.41, 5.74) is 0.541. The van der Waals surface area contributed by atoms with Crippen LogP contribution in [0.4, 0.5) is 11.4 Å². The normalized spacial score (nSPS) is 17.3. The lowest BCUT2D eigenvalue weighted by atomic mass is 10.0. The van der Waals surface area contributed by atoms with E-state index in [0.29, 0.717) is 0 Å². The quantitative estimate of drug-likeness (QED) is 0.471. The van der Waals surface area contributed by atoms with Crippen LogP contribution in [0.15, 0.2) is 36.7 Å². The van der Waals surface area contributed by atoms with Crippen LogP contribution in [0.25, 0.3) is 0 Å². The van der Waals surface area contributed by atoms with Crippen LogP contribution >= 0.6 is 0 Å². The van der Waals surface area contributed by atoms with Gasteiger partial charge >= 0.3 is 5.97 Å². The molecule has 1 fully saturated rings. The Kier molecular flexibility index (Phi) is 4.97. The fraction of sp³-hybridized carbons (Fsp3) is 0.412. The average Bonchev–Trinajstić information content (AvgIpc) is 3.16. The summed E-state index contributed by atoms with van der Waals surface area (Å²) in [6.45, 7) is 3.41. The highest BCUT2D eigenvalue weighted by molar-refractivity contribution is 5.95. The molecule has 1 atom stereocenters. The summed E-state index contributed by atoms with van der Waals surface area (Å²) in [6, 6.07) is 6.75. The molecular formula is C17H20N4O4. The van der Waals surface area contributed by atoms with Gasteiger partial charge in [0, 0.05) is 37.2 Å². The molecule has 0 N–H and O–H groups in total. The summed E-state index contributed by atoms with van der Waals surface area (Å²) < 4.78 is 6.90. The molecule has 0 saturated carbocycles. The van der Waals surface area contributed by atoms with E-state index in [4.69, 9.17) is 4.74 Å². The van der Waals surface area contributed by atoms with E-state index in [1.807, 2.05) is 16.9 Å². The number of hydrogen-bond acceptors (Lipinski definition) is 6. The van der Waals surface area contributed by atoms with Gasteiger partial charge in [0.2, 0.25) is 0 Å². The third-order valence-electron chi connectivity index (χ3n) is 4.33. The third kappa shape index (κ3) is 3.62. The minimum absolute atomic E-state index is 0.00874. The van der Waals surface area contributed by atoms with Gasteiger partial charge in [-0.15, -0.1) is 0 Å². The lowest BCUT2D eigenvalue weighted by Crippen LogP contribution is -2.36. The van der Waals surface area contributed by atoms with E-state index in [-0.39, 0.29) is 23.9 Å². The Bertz CT molecular complexity index is 760. The molecule has 2 heterocycles. The van der Waals surface area contributed by atoms with Gasteiger partial charge in [-0.2, -0.15) is 5.10 Å². The van der Waals surface area contributed by atoms with Crippen molar-refractivity contribution in [2.75, 3.05) is 24.6 Å². The van der Waals surface area contributed by atoms with Crippen molar-refractivity contribution < 1.29 is 14.5 Å². The second-order valence-electron chi connectivity index (χ2n) is 5.91. The number of carbonyl (C=O) groups is 1. The van der Waals surface area contributed by atoms with E-state index >= 15 is 0 Å². The molecule has 2 aromatic rings. The van der Waals surface area contributed by atoms with Crippen molar-refractivity contribution >= 4 is 17.3 Å². The Morgan fingerprint density at radius 3 is 3.00 bits per heavy atom. The maximum Gasteiger partial charge on any atom is 0.345 e. The molecule has 1 aliphatic rings. The SMILES string of the molecule is CCOC(=O)c1cc(N2CCCC(n3cccn3)C2)ccc1[N+](=O)[O-]. The molecule has 8 heteroatoms. The molecule has 0 bridgehead atoms. The first-order valence-corrected chi connectivity index (χ1v) is 8.29. The van der Waals surface area contributed by atoms with Crippen molar-refractivity contribution in [1.82, 2.24) is 9.78 Å². The Hall–Kier alpha value is -2.90. The molecule has 0 aliphatic carbocycles. The monoisotopic (exact) mass is 344 g/mol. The second-order valence-corrected chi connectivity index (χ2v) is 5.91. The van der Waals surface area contributed by atoms with Crippen LogP contribution in [0.5, 0.6) is 0 Å². The number of benzene rings is 1. The standard InChI is InChI=1S/C17H20N4O4/c1-2-25-17(22)15-11-13(6-7-16(15)21(23)24)19-9-3-5-14(12-19)20-10-4-8-18-20/h4,6-8,10-11,14H,2-3,5,9,12H2,1H3. The van der Waals surface area contributed by atoms with Crippen LogP contribution in [0, 0.1) is 10.1 Å². The second kappa shape index (κ2) is 7.33. The number of esters is 1. The van der Waals surface area contributed by atoms with Gasteiger partial charge in [0.1, 0.15) is 5.56 Å². The number of nitro benzene ring substituents is 1. The highest BCUT2D eigenvalue weighted by Crippen LogP contribution is 2.30. The predicted octanol–water partition coefficient (Wildman–Crippen LogP) is 2.81. The summed E-state index contributed by atoms with van der Waals surface area (Å²) in [5, 5.41) is 15.5. The van der Waals surface area contributed by atoms with Gasteiger partial charge in [0.25, 0.3) is 5.69 Å². The highest BCUT2D eigenvalue weighted by Gasteiger charge is 2.26. The highest BCUT2D eigenvalue weighted by atomic mass is 16.6. The summed E-state index contributed by atoms with van der Waals surface area (Å²) in [4.78, 5) is 24.9. The Balaban J connectivity index is 1.87. The van der Waals surface area contributed by atoms with Crippen LogP contribution in [0.3, 0.4) is 0 Å². The van der Waals surface area contributed by atoms with Gasteiger partial charge in [-0.1, -0.05) is 0 Å². The first-order chi connectivity index (χ1) is 12.1. The van der Waals surface area contributed by atoms with Crippen molar-refractivity contribution in [1.29, 1.82) is 0 Å². The summed E-state index contributed by atoms with van der Waals surface area (Å²) >= 11 is 0. The minimum Gasteiger partial charge on any atom is -0.462 e. The molecule has 3 rings (SSSR count). The van der Waals surface area contributed by atoms with Gasteiger partial charge in [-0.25, -0.2) is 4.79 Å². The van der Waals surface area contributed by atoms with E-state index in [2.05, 4.69) is 10.00 Å². The Morgan fingerprint density at radius 1 is 1.48 bits per heavy atom. The zero-order valence-corrected chi connectivity index (χ0v) is 14.0. The Morgan fingerprint density at radius 2 is 2.32 bits per heavy atom. The van der Waals surface area contributed by atoms with Gasteiger partial charge in [-0.05, 0) is 38.0 Å². The molecule has 8 nitrogen and oxygen atoms in total. The number of aromatic nitrogens is 2. The molecule has 1 aromatic carbocycles. The molecule has 1 unspecified atom stereocenters. The van der Waals surface area contributed by atoms with Gasteiger partial charge in [0.05, 0.1) is 17.6 Å². The maximum atomic E-state index is 12.1. The molecular weight excluding hydrogens is 324 g/mol. The average molecular weight is 344 g/mol. The predicted molar refractivity (Wildman–Crippen MR) is 91.8 cm³/mol. The van der Waals surface area contributed by atoms with Gasteiger partial charge in [0.15, 0.2) is 0 Å². The number of nitro groups is 1. The van der Waals surface area contributed by atoms with E-state index in [0.717, 1.165) is 31.6 Å². The third-order valence-corrected chi connectivity index (χ3v) is 4.33. The summed E-state index contributed by atoms with van der Waals surface area (Å²) in [5.74, 6) is -0.670. The minimum atomic E-state index is -0.670. The summed E-state index contributed by atoms with van der Waals surface area (Å²) in [6.07, 6.45) is 5.70. The number of hydrogen-bond donors (Lipinski definition) is 0. The molecule has 0 spiro atoms. The smallest absolute Gasteiger partial charge is 0.345 e. The van der Waals surface area contributed by atoms with Crippen molar-refractivity contribution in [2.45, 2.75) is 25.8 Å². The molecule has 1 aliphatic heterocycles. The lowest BCUT2D eigenvalue weighted by Gasteiger charge is -2.34. The fourth-order valence-corrected chi connectivity index (χ4v) is 3.15. The first kappa shape index (κ1) is 16.9. The van der Waals surface area contributed by atoms with E-state index in [9.17, 15) is 14.9 Å². The number of nitrogens with zero attached hydrogens (tertiary/aromatic N) is 4. The van der Waals surface area contributed by atoms with Gasteiger partial charge in [-0.3, -0.25) is 14.8 Å². The number of carbonyl (C=O) groups excluding carboxylic acids is 1. The molecule has 0 amide bonds. The van der Waals surface area contributed by atoms with E-state index in [1.165, 1.54) is 6.07 Å². The van der Waals surface area contributed by atoms with Crippen LogP contribution < -0.4 is 4.90 Å².